The molecule has 76 valence electrons. The highest BCUT2D eigenvalue weighted by Gasteiger charge is 2.13. The fraction of sp³-hybridized carbons (Fsp3) is 0.0833. The first-order valence-electron chi connectivity index (χ1n) is 4.77. The maximum absolute atomic E-state index is 11.9. The van der Waals surface area contributed by atoms with E-state index in [2.05, 4.69) is 0 Å². The van der Waals surface area contributed by atoms with Crippen molar-refractivity contribution in [2.45, 2.75) is 0 Å². The average Bonchev–Trinajstić information content (AvgIpc) is 2.30. The normalized spacial score (nSPS) is 14.9. The number of amides is 1. The van der Waals surface area contributed by atoms with Crippen LogP contribution < -0.4 is 5.73 Å². The number of rotatable bonds is 1. The Morgan fingerprint density at radius 3 is 2.60 bits per heavy atom. The summed E-state index contributed by atoms with van der Waals surface area (Å²) < 4.78 is 0. The summed E-state index contributed by atoms with van der Waals surface area (Å²) in [7, 11) is 0. The van der Waals surface area contributed by atoms with Crippen LogP contribution in [0.5, 0.6) is 0 Å². The Bertz CT molecular complexity index is 421. The summed E-state index contributed by atoms with van der Waals surface area (Å²) >= 11 is 0. The number of hydrogen-bond acceptors (Lipinski definition) is 2. The lowest BCUT2D eigenvalue weighted by Crippen LogP contribution is -2.28. The molecule has 3 heteroatoms. The van der Waals surface area contributed by atoms with Crippen LogP contribution in [-0.2, 0) is 0 Å². The van der Waals surface area contributed by atoms with Crippen molar-refractivity contribution in [1.29, 1.82) is 0 Å². The summed E-state index contributed by atoms with van der Waals surface area (Å²) in [4.78, 5) is 13.5. The standard InChI is InChI=1S/C12H12N2O/c13-11-6-8-14(9-7-11)12(15)10-4-2-1-3-5-10/h1-8H,9,13H2. The topological polar surface area (TPSA) is 46.3 Å². The number of carbonyl (C=O) groups excluding carboxylic acids is 1. The molecule has 1 aromatic rings. The Morgan fingerprint density at radius 1 is 1.27 bits per heavy atom. The van der Waals surface area contributed by atoms with E-state index < -0.39 is 0 Å². The second-order valence-electron chi connectivity index (χ2n) is 3.34. The van der Waals surface area contributed by atoms with E-state index in [4.69, 9.17) is 5.73 Å². The molecule has 0 spiro atoms. The number of allylic oxidation sites excluding steroid dienone is 1. The van der Waals surface area contributed by atoms with Crippen molar-refractivity contribution in [3.63, 3.8) is 0 Å². The highest BCUT2D eigenvalue weighted by atomic mass is 16.2. The van der Waals surface area contributed by atoms with Gasteiger partial charge in [0.15, 0.2) is 0 Å². The minimum absolute atomic E-state index is 0.00407. The van der Waals surface area contributed by atoms with Gasteiger partial charge in [-0.25, -0.2) is 0 Å². The largest absolute Gasteiger partial charge is 0.399 e. The second kappa shape index (κ2) is 4.00. The van der Waals surface area contributed by atoms with Gasteiger partial charge in [-0.05, 0) is 24.3 Å². The Hall–Kier alpha value is -2.03. The fourth-order valence-electron chi connectivity index (χ4n) is 1.41. The fourth-order valence-corrected chi connectivity index (χ4v) is 1.41. The number of benzene rings is 1. The molecule has 0 atom stereocenters. The van der Waals surface area contributed by atoms with Crippen LogP contribution in [0.1, 0.15) is 10.4 Å². The minimum atomic E-state index is -0.00407. The first-order chi connectivity index (χ1) is 7.27. The first-order valence-corrected chi connectivity index (χ1v) is 4.77. The highest BCUT2D eigenvalue weighted by molar-refractivity contribution is 5.95. The summed E-state index contributed by atoms with van der Waals surface area (Å²) in [5.41, 5.74) is 6.96. The van der Waals surface area contributed by atoms with Crippen molar-refractivity contribution in [1.82, 2.24) is 4.90 Å². The van der Waals surface area contributed by atoms with Crippen LogP contribution in [0.2, 0.25) is 0 Å². The van der Waals surface area contributed by atoms with E-state index in [1.807, 2.05) is 24.3 Å². The van der Waals surface area contributed by atoms with E-state index in [1.165, 1.54) is 0 Å². The van der Waals surface area contributed by atoms with Crippen molar-refractivity contribution in [3.8, 4) is 0 Å². The van der Waals surface area contributed by atoms with E-state index in [9.17, 15) is 4.79 Å². The van der Waals surface area contributed by atoms with Crippen LogP contribution in [0, 0.1) is 0 Å². The van der Waals surface area contributed by atoms with Gasteiger partial charge in [-0.3, -0.25) is 4.79 Å². The smallest absolute Gasteiger partial charge is 0.258 e. The third-order valence-electron chi connectivity index (χ3n) is 2.25. The molecule has 15 heavy (non-hydrogen) atoms. The number of carbonyl (C=O) groups is 1. The lowest BCUT2D eigenvalue weighted by Gasteiger charge is -2.19. The Balaban J connectivity index is 2.14. The van der Waals surface area contributed by atoms with Crippen LogP contribution >= 0.6 is 0 Å². The monoisotopic (exact) mass is 200 g/mol. The van der Waals surface area contributed by atoms with Crippen LogP contribution in [0.4, 0.5) is 0 Å². The van der Waals surface area contributed by atoms with Crippen molar-refractivity contribution in [2.24, 2.45) is 5.73 Å². The lowest BCUT2D eigenvalue weighted by atomic mass is 10.2. The Kier molecular flexibility index (Phi) is 2.54. The van der Waals surface area contributed by atoms with Gasteiger partial charge in [-0.1, -0.05) is 18.2 Å². The number of hydrogen-bond donors (Lipinski definition) is 1. The SMILES string of the molecule is NC1=CCN(C(=O)c2ccccc2)C=C1. The molecular formula is C12H12N2O. The molecule has 1 aliphatic heterocycles. The molecule has 1 aliphatic rings. The highest BCUT2D eigenvalue weighted by Crippen LogP contribution is 2.08. The third kappa shape index (κ3) is 2.07. The molecule has 0 unspecified atom stereocenters. The van der Waals surface area contributed by atoms with Gasteiger partial charge in [0.1, 0.15) is 0 Å². The predicted molar refractivity (Wildman–Crippen MR) is 58.9 cm³/mol. The summed E-state index contributed by atoms with van der Waals surface area (Å²) in [6.07, 6.45) is 5.26. The second-order valence-corrected chi connectivity index (χ2v) is 3.34. The molecule has 0 radical (unpaired) electrons. The predicted octanol–water partition coefficient (Wildman–Crippen LogP) is 1.50. The van der Waals surface area contributed by atoms with E-state index in [1.54, 1.807) is 29.3 Å². The molecule has 3 nitrogen and oxygen atoms in total. The van der Waals surface area contributed by atoms with Crippen molar-refractivity contribution in [2.75, 3.05) is 6.54 Å². The van der Waals surface area contributed by atoms with Crippen LogP contribution in [-0.4, -0.2) is 17.4 Å². The number of nitrogens with two attached hydrogens (primary N) is 1. The third-order valence-corrected chi connectivity index (χ3v) is 2.25. The van der Waals surface area contributed by atoms with Gasteiger partial charge in [0, 0.05) is 24.0 Å². The summed E-state index contributed by atoms with van der Waals surface area (Å²) in [5.74, 6) is -0.00407. The summed E-state index contributed by atoms with van der Waals surface area (Å²) in [6.45, 7) is 0.538. The zero-order valence-electron chi connectivity index (χ0n) is 8.26. The molecule has 0 aromatic heterocycles. The lowest BCUT2D eigenvalue weighted by molar-refractivity contribution is 0.0833. The van der Waals surface area contributed by atoms with Gasteiger partial charge >= 0.3 is 0 Å². The van der Waals surface area contributed by atoms with Crippen molar-refractivity contribution in [3.05, 3.63) is 59.9 Å². The maximum atomic E-state index is 11.9. The first kappa shape index (κ1) is 9.52. The quantitative estimate of drug-likeness (QED) is 0.746. The zero-order chi connectivity index (χ0) is 10.7. The minimum Gasteiger partial charge on any atom is -0.399 e. The van der Waals surface area contributed by atoms with E-state index >= 15 is 0 Å². The van der Waals surface area contributed by atoms with E-state index in [-0.39, 0.29) is 5.91 Å². The maximum Gasteiger partial charge on any atom is 0.258 e. The molecule has 2 rings (SSSR count). The molecule has 2 N–H and O–H groups in total. The van der Waals surface area contributed by atoms with E-state index in [0.29, 0.717) is 17.8 Å². The molecule has 1 amide bonds. The average molecular weight is 200 g/mol. The molecule has 0 saturated heterocycles. The van der Waals surface area contributed by atoms with Gasteiger partial charge in [-0.15, -0.1) is 0 Å². The van der Waals surface area contributed by atoms with Crippen LogP contribution in [0.3, 0.4) is 0 Å². The molecule has 0 saturated carbocycles. The molecule has 0 fully saturated rings. The number of nitrogens with zero attached hydrogens (tertiary/aromatic N) is 1. The zero-order valence-corrected chi connectivity index (χ0v) is 8.26. The van der Waals surface area contributed by atoms with Gasteiger partial charge in [0.05, 0.1) is 0 Å². The Labute approximate surface area is 88.5 Å². The molecule has 0 aliphatic carbocycles. The summed E-state index contributed by atoms with van der Waals surface area (Å²) in [5, 5.41) is 0. The van der Waals surface area contributed by atoms with Crippen LogP contribution in [0.25, 0.3) is 0 Å². The molecule has 1 heterocycles. The van der Waals surface area contributed by atoms with Crippen LogP contribution in [0.15, 0.2) is 54.4 Å². The Morgan fingerprint density at radius 2 is 2.00 bits per heavy atom. The van der Waals surface area contributed by atoms with Gasteiger partial charge in [-0.2, -0.15) is 0 Å². The van der Waals surface area contributed by atoms with Crippen molar-refractivity contribution < 1.29 is 4.79 Å². The summed E-state index contributed by atoms with van der Waals surface area (Å²) in [6, 6.07) is 9.20. The van der Waals surface area contributed by atoms with Gasteiger partial charge in [0.2, 0.25) is 0 Å². The molecule has 1 aromatic carbocycles. The van der Waals surface area contributed by atoms with Gasteiger partial charge in [0.25, 0.3) is 5.91 Å². The molecule has 0 bridgehead atoms. The van der Waals surface area contributed by atoms with Gasteiger partial charge < -0.3 is 10.6 Å². The van der Waals surface area contributed by atoms with E-state index in [0.717, 1.165) is 0 Å². The van der Waals surface area contributed by atoms with Crippen molar-refractivity contribution >= 4 is 5.91 Å². The molecular weight excluding hydrogens is 188 g/mol.